The third kappa shape index (κ3) is 1.76. The minimum atomic E-state index is 0.350. The molecule has 1 aliphatic heterocycles. The van der Waals surface area contributed by atoms with Crippen molar-refractivity contribution in [1.82, 2.24) is 0 Å². The highest BCUT2D eigenvalue weighted by molar-refractivity contribution is 5.65. The van der Waals surface area contributed by atoms with E-state index >= 15 is 0 Å². The number of hydrogen-bond acceptors (Lipinski definition) is 2. The Bertz CT molecular complexity index is 522. The molecule has 0 radical (unpaired) electrons. The highest BCUT2D eigenvalue weighted by Gasteiger charge is 2.22. The first-order chi connectivity index (χ1) is 8.36. The second-order valence-electron chi connectivity index (χ2n) is 4.42. The zero-order valence-electron chi connectivity index (χ0n) is 9.56. The molecular formula is C15H15NO. The molecule has 1 unspecified atom stereocenters. The highest BCUT2D eigenvalue weighted by Crippen LogP contribution is 2.40. The fraction of sp³-hybridized carbons (Fsp3) is 0.200. The standard InChI is InChI=1S/C15H15NO/c17-14-8-4-7-13-12(9-10-16-15(13)14)11-5-2-1-3-6-11/h1-8,12,16-17H,9-10H2. The van der Waals surface area contributed by atoms with Crippen LogP contribution in [-0.2, 0) is 0 Å². The normalized spacial score (nSPS) is 18.2. The van der Waals surface area contributed by atoms with Gasteiger partial charge in [-0.2, -0.15) is 0 Å². The van der Waals surface area contributed by atoms with Crippen molar-refractivity contribution in [2.45, 2.75) is 12.3 Å². The summed E-state index contributed by atoms with van der Waals surface area (Å²) in [5, 5.41) is 13.1. The van der Waals surface area contributed by atoms with E-state index in [0.29, 0.717) is 11.7 Å². The molecule has 0 amide bonds. The van der Waals surface area contributed by atoms with Crippen LogP contribution < -0.4 is 5.32 Å². The molecule has 0 aliphatic carbocycles. The summed E-state index contributed by atoms with van der Waals surface area (Å²) in [6.45, 7) is 0.907. The first-order valence-electron chi connectivity index (χ1n) is 5.97. The molecule has 0 saturated heterocycles. The van der Waals surface area contributed by atoms with Gasteiger partial charge in [-0.15, -0.1) is 0 Å². The lowest BCUT2D eigenvalue weighted by Gasteiger charge is -2.27. The van der Waals surface area contributed by atoms with Gasteiger partial charge in [-0.05, 0) is 23.6 Å². The first-order valence-corrected chi connectivity index (χ1v) is 5.97. The summed E-state index contributed by atoms with van der Waals surface area (Å²) in [6, 6.07) is 16.2. The Morgan fingerprint density at radius 1 is 1.00 bits per heavy atom. The quantitative estimate of drug-likeness (QED) is 0.729. The maximum Gasteiger partial charge on any atom is 0.138 e. The smallest absolute Gasteiger partial charge is 0.138 e. The number of benzene rings is 2. The van der Waals surface area contributed by atoms with E-state index in [1.165, 1.54) is 11.1 Å². The van der Waals surface area contributed by atoms with Gasteiger partial charge in [0, 0.05) is 12.5 Å². The summed E-state index contributed by atoms with van der Waals surface area (Å²) >= 11 is 0. The zero-order chi connectivity index (χ0) is 11.7. The number of phenols is 1. The van der Waals surface area contributed by atoms with Gasteiger partial charge in [0.1, 0.15) is 5.75 Å². The number of fused-ring (bicyclic) bond motifs is 1. The number of nitrogens with one attached hydrogen (secondary N) is 1. The van der Waals surface area contributed by atoms with Gasteiger partial charge in [-0.1, -0.05) is 42.5 Å². The van der Waals surface area contributed by atoms with Crippen LogP contribution in [0.2, 0.25) is 0 Å². The molecule has 0 saturated carbocycles. The summed E-state index contributed by atoms with van der Waals surface area (Å²) in [5.74, 6) is 0.739. The maximum atomic E-state index is 9.86. The number of phenolic OH excluding ortho intramolecular Hbond substituents is 1. The zero-order valence-corrected chi connectivity index (χ0v) is 9.56. The lowest BCUT2D eigenvalue weighted by molar-refractivity contribution is 0.474. The van der Waals surface area contributed by atoms with Crippen LogP contribution >= 0.6 is 0 Å². The van der Waals surface area contributed by atoms with Crippen LogP contribution in [0.5, 0.6) is 5.75 Å². The molecule has 1 atom stereocenters. The average molecular weight is 225 g/mol. The van der Waals surface area contributed by atoms with Crippen molar-refractivity contribution in [3.63, 3.8) is 0 Å². The van der Waals surface area contributed by atoms with Crippen molar-refractivity contribution in [2.24, 2.45) is 0 Å². The molecule has 2 heteroatoms. The predicted molar refractivity (Wildman–Crippen MR) is 69.5 cm³/mol. The number of rotatable bonds is 1. The van der Waals surface area contributed by atoms with Crippen molar-refractivity contribution < 1.29 is 5.11 Å². The SMILES string of the molecule is Oc1cccc2c1NCCC2c1ccccc1. The second kappa shape index (κ2) is 4.13. The summed E-state index contributed by atoms with van der Waals surface area (Å²) < 4.78 is 0. The van der Waals surface area contributed by atoms with Crippen molar-refractivity contribution in [3.05, 3.63) is 59.7 Å². The van der Waals surface area contributed by atoms with E-state index in [9.17, 15) is 5.11 Å². The molecule has 2 aromatic carbocycles. The molecule has 86 valence electrons. The summed E-state index contributed by atoms with van der Waals surface area (Å²) in [4.78, 5) is 0. The van der Waals surface area contributed by atoms with Crippen LogP contribution in [0.25, 0.3) is 0 Å². The van der Waals surface area contributed by atoms with Gasteiger partial charge >= 0.3 is 0 Å². The largest absolute Gasteiger partial charge is 0.506 e. The Balaban J connectivity index is 2.09. The summed E-state index contributed by atoms with van der Waals surface area (Å²) in [7, 11) is 0. The molecule has 2 nitrogen and oxygen atoms in total. The van der Waals surface area contributed by atoms with E-state index < -0.39 is 0 Å². The van der Waals surface area contributed by atoms with E-state index in [0.717, 1.165) is 18.7 Å². The molecule has 1 heterocycles. The average Bonchev–Trinajstić information content (AvgIpc) is 2.40. The minimum absolute atomic E-state index is 0.350. The van der Waals surface area contributed by atoms with E-state index in [1.807, 2.05) is 12.1 Å². The Labute approximate surface area is 101 Å². The lowest BCUT2D eigenvalue weighted by Crippen LogP contribution is -2.17. The second-order valence-corrected chi connectivity index (χ2v) is 4.42. The lowest BCUT2D eigenvalue weighted by atomic mass is 9.85. The van der Waals surface area contributed by atoms with Gasteiger partial charge < -0.3 is 10.4 Å². The fourth-order valence-corrected chi connectivity index (χ4v) is 2.57. The van der Waals surface area contributed by atoms with Crippen LogP contribution in [0.1, 0.15) is 23.5 Å². The molecule has 2 aromatic rings. The molecule has 2 N–H and O–H groups in total. The third-order valence-electron chi connectivity index (χ3n) is 3.39. The van der Waals surface area contributed by atoms with Gasteiger partial charge in [0.25, 0.3) is 0 Å². The van der Waals surface area contributed by atoms with E-state index in [4.69, 9.17) is 0 Å². The number of hydrogen-bond donors (Lipinski definition) is 2. The molecular weight excluding hydrogens is 210 g/mol. The van der Waals surface area contributed by atoms with Crippen LogP contribution in [-0.4, -0.2) is 11.7 Å². The van der Waals surface area contributed by atoms with Gasteiger partial charge in [0.15, 0.2) is 0 Å². The van der Waals surface area contributed by atoms with Gasteiger partial charge in [-0.3, -0.25) is 0 Å². The van der Waals surface area contributed by atoms with E-state index in [-0.39, 0.29) is 0 Å². The first kappa shape index (κ1) is 10.2. The van der Waals surface area contributed by atoms with Gasteiger partial charge in [0.05, 0.1) is 5.69 Å². The van der Waals surface area contributed by atoms with Crippen molar-refractivity contribution in [3.8, 4) is 5.75 Å². The fourth-order valence-electron chi connectivity index (χ4n) is 2.57. The molecule has 0 fully saturated rings. The number of anilines is 1. The third-order valence-corrected chi connectivity index (χ3v) is 3.39. The molecule has 0 bridgehead atoms. The Hall–Kier alpha value is -1.96. The highest BCUT2D eigenvalue weighted by atomic mass is 16.3. The molecule has 17 heavy (non-hydrogen) atoms. The number of aromatic hydroxyl groups is 1. The van der Waals surface area contributed by atoms with Crippen molar-refractivity contribution in [2.75, 3.05) is 11.9 Å². The van der Waals surface area contributed by atoms with Crippen molar-refractivity contribution >= 4 is 5.69 Å². The van der Waals surface area contributed by atoms with Crippen LogP contribution in [0.3, 0.4) is 0 Å². The van der Waals surface area contributed by atoms with Gasteiger partial charge in [-0.25, -0.2) is 0 Å². The molecule has 0 spiro atoms. The Morgan fingerprint density at radius 2 is 1.82 bits per heavy atom. The molecule has 1 aliphatic rings. The van der Waals surface area contributed by atoms with Crippen LogP contribution in [0, 0.1) is 0 Å². The van der Waals surface area contributed by atoms with Gasteiger partial charge in [0.2, 0.25) is 0 Å². The molecule has 0 aromatic heterocycles. The summed E-state index contributed by atoms with van der Waals surface area (Å²) in [6.07, 6.45) is 1.07. The van der Waals surface area contributed by atoms with Crippen LogP contribution in [0.4, 0.5) is 5.69 Å². The summed E-state index contributed by atoms with van der Waals surface area (Å²) in [5.41, 5.74) is 3.41. The predicted octanol–water partition coefficient (Wildman–Crippen LogP) is 3.34. The Morgan fingerprint density at radius 3 is 2.65 bits per heavy atom. The van der Waals surface area contributed by atoms with Crippen LogP contribution in [0.15, 0.2) is 48.5 Å². The maximum absolute atomic E-state index is 9.86. The minimum Gasteiger partial charge on any atom is -0.506 e. The van der Waals surface area contributed by atoms with E-state index in [1.54, 1.807) is 6.07 Å². The molecule has 3 rings (SSSR count). The monoisotopic (exact) mass is 225 g/mol. The number of para-hydroxylation sites is 1. The topological polar surface area (TPSA) is 32.3 Å². The van der Waals surface area contributed by atoms with E-state index in [2.05, 4.69) is 35.6 Å². The Kier molecular flexibility index (Phi) is 2.48. The van der Waals surface area contributed by atoms with Crippen molar-refractivity contribution in [1.29, 1.82) is 0 Å².